The molecular weight excluding hydrogens is 380 g/mol. The molecule has 0 saturated heterocycles. The van der Waals surface area contributed by atoms with Crippen LogP contribution in [0.25, 0.3) is 11.1 Å². The first-order chi connectivity index (χ1) is 14.3. The third kappa shape index (κ3) is 5.73. The Bertz CT molecular complexity index is 1000. The van der Waals surface area contributed by atoms with Crippen LogP contribution in [-0.2, 0) is 17.8 Å². The molecule has 30 heavy (non-hydrogen) atoms. The van der Waals surface area contributed by atoms with E-state index in [1.165, 1.54) is 0 Å². The van der Waals surface area contributed by atoms with Crippen molar-refractivity contribution in [2.24, 2.45) is 0 Å². The van der Waals surface area contributed by atoms with Gasteiger partial charge in [0.2, 0.25) is 0 Å². The molecule has 0 aliphatic carbocycles. The minimum atomic E-state index is -0.567. The largest absolute Gasteiger partial charge is 0.467 e. The van der Waals surface area contributed by atoms with Crippen LogP contribution >= 0.6 is 0 Å². The zero-order valence-electron chi connectivity index (χ0n) is 17.4. The zero-order valence-corrected chi connectivity index (χ0v) is 17.4. The number of hydrogen-bond acceptors (Lipinski definition) is 4. The van der Waals surface area contributed by atoms with Crippen LogP contribution in [0.15, 0.2) is 71.3 Å². The molecule has 2 aromatic carbocycles. The van der Waals surface area contributed by atoms with Crippen LogP contribution in [0.2, 0.25) is 0 Å². The second kappa shape index (κ2) is 9.31. The van der Waals surface area contributed by atoms with Crippen molar-refractivity contribution in [3.63, 3.8) is 0 Å². The van der Waals surface area contributed by atoms with Crippen LogP contribution in [0.4, 0.5) is 4.79 Å². The van der Waals surface area contributed by atoms with E-state index in [0.717, 1.165) is 16.7 Å². The van der Waals surface area contributed by atoms with Gasteiger partial charge in [-0.3, -0.25) is 4.79 Å². The molecule has 1 heterocycles. The first-order valence-electron chi connectivity index (χ1n) is 9.78. The predicted octanol–water partition coefficient (Wildman–Crippen LogP) is 4.90. The van der Waals surface area contributed by atoms with Crippen molar-refractivity contribution >= 4 is 12.0 Å². The lowest BCUT2D eigenvalue weighted by Crippen LogP contribution is -2.32. The molecule has 2 N–H and O–H groups in total. The molecule has 3 aromatic rings. The summed E-state index contributed by atoms with van der Waals surface area (Å²) in [7, 11) is 0. The van der Waals surface area contributed by atoms with E-state index in [1.54, 1.807) is 18.4 Å². The number of ether oxygens (including phenoxy) is 1. The average molecular weight is 406 g/mol. The third-order valence-corrected chi connectivity index (χ3v) is 4.30. The Balaban J connectivity index is 1.79. The van der Waals surface area contributed by atoms with E-state index in [0.29, 0.717) is 17.9 Å². The quantitative estimate of drug-likeness (QED) is 0.610. The van der Waals surface area contributed by atoms with Crippen molar-refractivity contribution in [3.05, 3.63) is 83.8 Å². The van der Waals surface area contributed by atoms with Crippen LogP contribution < -0.4 is 10.6 Å². The molecule has 3 rings (SSSR count). The summed E-state index contributed by atoms with van der Waals surface area (Å²) in [6.07, 6.45) is 1.09. The van der Waals surface area contributed by atoms with Gasteiger partial charge < -0.3 is 19.8 Å². The summed E-state index contributed by atoms with van der Waals surface area (Å²) in [5, 5.41) is 5.67. The number of alkyl carbamates (subject to hydrolysis) is 1. The molecule has 0 aliphatic rings. The fraction of sp³-hybridized carbons (Fsp3) is 0.250. The number of rotatable bonds is 6. The van der Waals surface area contributed by atoms with E-state index in [9.17, 15) is 9.59 Å². The predicted molar refractivity (Wildman–Crippen MR) is 115 cm³/mol. The molecule has 0 spiro atoms. The standard InChI is InChI=1S/C24H26N2O4/c1-24(2,3)30-23(28)26-15-17-9-4-5-11-19(17)20-12-6-7-13-21(20)22(27)25-16-18-10-8-14-29-18/h4-14H,15-16H2,1-3H3,(H,25,27)(H,26,28). The highest BCUT2D eigenvalue weighted by Crippen LogP contribution is 2.27. The normalized spacial score (nSPS) is 11.0. The molecule has 0 saturated carbocycles. The summed E-state index contributed by atoms with van der Waals surface area (Å²) < 4.78 is 10.6. The Morgan fingerprint density at radius 1 is 0.867 bits per heavy atom. The van der Waals surface area contributed by atoms with Crippen molar-refractivity contribution in [3.8, 4) is 11.1 Å². The molecule has 0 radical (unpaired) electrons. The van der Waals surface area contributed by atoms with Gasteiger partial charge in [0.25, 0.3) is 5.91 Å². The highest BCUT2D eigenvalue weighted by Gasteiger charge is 2.18. The maximum Gasteiger partial charge on any atom is 0.407 e. The van der Waals surface area contributed by atoms with Gasteiger partial charge in [-0.05, 0) is 55.7 Å². The van der Waals surface area contributed by atoms with Gasteiger partial charge in [0.1, 0.15) is 11.4 Å². The highest BCUT2D eigenvalue weighted by atomic mass is 16.6. The number of carbonyl (C=O) groups excluding carboxylic acids is 2. The van der Waals surface area contributed by atoms with Gasteiger partial charge in [-0.15, -0.1) is 0 Å². The Hall–Kier alpha value is -3.54. The highest BCUT2D eigenvalue weighted by molar-refractivity contribution is 6.01. The summed E-state index contributed by atoms with van der Waals surface area (Å²) in [5.41, 5.74) is 2.53. The van der Waals surface area contributed by atoms with Gasteiger partial charge in [0.15, 0.2) is 0 Å². The first-order valence-corrected chi connectivity index (χ1v) is 9.78. The zero-order chi connectivity index (χ0) is 21.6. The van der Waals surface area contributed by atoms with Gasteiger partial charge >= 0.3 is 6.09 Å². The second-order valence-electron chi connectivity index (χ2n) is 7.82. The van der Waals surface area contributed by atoms with Gasteiger partial charge in [0, 0.05) is 12.1 Å². The topological polar surface area (TPSA) is 80.6 Å². The number of amides is 2. The summed E-state index contributed by atoms with van der Waals surface area (Å²) in [6.45, 7) is 6.05. The maximum absolute atomic E-state index is 12.8. The third-order valence-electron chi connectivity index (χ3n) is 4.30. The monoisotopic (exact) mass is 406 g/mol. The summed E-state index contributed by atoms with van der Waals surface area (Å²) in [5.74, 6) is 0.486. The molecule has 0 bridgehead atoms. The van der Waals surface area contributed by atoms with Crippen molar-refractivity contribution < 1.29 is 18.7 Å². The van der Waals surface area contributed by atoms with E-state index in [1.807, 2.05) is 69.3 Å². The van der Waals surface area contributed by atoms with Crippen LogP contribution in [0.5, 0.6) is 0 Å². The first kappa shape index (κ1) is 21.2. The minimum absolute atomic E-state index is 0.197. The second-order valence-corrected chi connectivity index (χ2v) is 7.82. The van der Waals surface area contributed by atoms with E-state index in [2.05, 4.69) is 10.6 Å². The lowest BCUT2D eigenvalue weighted by Gasteiger charge is -2.20. The Labute approximate surface area is 176 Å². The fourth-order valence-electron chi connectivity index (χ4n) is 3.01. The minimum Gasteiger partial charge on any atom is -0.467 e. The van der Waals surface area contributed by atoms with Crippen LogP contribution in [0, 0.1) is 0 Å². The van der Waals surface area contributed by atoms with Crippen molar-refractivity contribution in [2.75, 3.05) is 0 Å². The number of carbonyl (C=O) groups is 2. The summed E-state index contributed by atoms with van der Waals surface area (Å²) >= 11 is 0. The summed E-state index contributed by atoms with van der Waals surface area (Å²) in [4.78, 5) is 24.9. The lowest BCUT2D eigenvalue weighted by molar-refractivity contribution is 0.0523. The number of nitrogens with one attached hydrogen (secondary N) is 2. The van der Waals surface area contributed by atoms with Gasteiger partial charge in [-0.2, -0.15) is 0 Å². The van der Waals surface area contributed by atoms with Gasteiger partial charge in [-0.1, -0.05) is 42.5 Å². The lowest BCUT2D eigenvalue weighted by atomic mass is 9.95. The van der Waals surface area contributed by atoms with Crippen LogP contribution in [0.1, 0.15) is 42.5 Å². The molecule has 1 aromatic heterocycles. The van der Waals surface area contributed by atoms with Crippen molar-refractivity contribution in [2.45, 2.75) is 39.5 Å². The van der Waals surface area contributed by atoms with Crippen LogP contribution in [-0.4, -0.2) is 17.6 Å². The Morgan fingerprint density at radius 2 is 1.57 bits per heavy atom. The molecule has 0 atom stereocenters. The number of furan rings is 1. The van der Waals surface area contributed by atoms with Crippen molar-refractivity contribution in [1.82, 2.24) is 10.6 Å². The Morgan fingerprint density at radius 3 is 2.27 bits per heavy atom. The molecule has 2 amide bonds. The Kier molecular flexibility index (Phi) is 6.57. The van der Waals surface area contributed by atoms with E-state index in [-0.39, 0.29) is 12.5 Å². The summed E-state index contributed by atoms with van der Waals surface area (Å²) in [6, 6.07) is 18.6. The number of benzene rings is 2. The van der Waals surface area contributed by atoms with Gasteiger partial charge in [0.05, 0.1) is 12.8 Å². The van der Waals surface area contributed by atoms with E-state index >= 15 is 0 Å². The smallest absolute Gasteiger partial charge is 0.407 e. The molecule has 0 unspecified atom stereocenters. The molecule has 0 aliphatic heterocycles. The van der Waals surface area contributed by atoms with Gasteiger partial charge in [-0.25, -0.2) is 4.79 Å². The van der Waals surface area contributed by atoms with E-state index in [4.69, 9.17) is 9.15 Å². The average Bonchev–Trinajstić information content (AvgIpc) is 3.23. The van der Waals surface area contributed by atoms with Crippen molar-refractivity contribution in [1.29, 1.82) is 0 Å². The fourth-order valence-corrected chi connectivity index (χ4v) is 3.01. The molecule has 6 nitrogen and oxygen atoms in total. The van der Waals surface area contributed by atoms with E-state index < -0.39 is 11.7 Å². The molecular formula is C24H26N2O4. The number of hydrogen-bond donors (Lipinski definition) is 2. The molecule has 156 valence electrons. The SMILES string of the molecule is CC(C)(C)OC(=O)NCc1ccccc1-c1ccccc1C(=O)NCc1ccco1. The molecule has 6 heteroatoms. The molecule has 0 fully saturated rings. The van der Waals surface area contributed by atoms with Crippen LogP contribution in [0.3, 0.4) is 0 Å². The maximum atomic E-state index is 12.8.